The Hall–Kier alpha value is -1.02. The third-order valence-corrected chi connectivity index (χ3v) is 4.26. The van der Waals surface area contributed by atoms with E-state index in [1.54, 1.807) is 0 Å². The van der Waals surface area contributed by atoms with Crippen LogP contribution in [0.2, 0.25) is 0 Å². The van der Waals surface area contributed by atoms with Gasteiger partial charge in [0.05, 0.1) is 0 Å². The van der Waals surface area contributed by atoms with E-state index in [9.17, 15) is 0 Å². The molecule has 0 amide bonds. The fourth-order valence-electron chi connectivity index (χ4n) is 3.28. The molecule has 3 rings (SSSR count). The molecule has 2 unspecified atom stereocenters. The van der Waals surface area contributed by atoms with Crippen LogP contribution in [0, 0.1) is 6.92 Å². The number of nitrogens with one attached hydrogen (secondary N) is 1. The molecule has 0 saturated carbocycles. The molecule has 2 nitrogen and oxygen atoms in total. The van der Waals surface area contributed by atoms with Crippen molar-refractivity contribution >= 4 is 5.69 Å². The van der Waals surface area contributed by atoms with Gasteiger partial charge in [0, 0.05) is 24.3 Å². The molecule has 1 N–H and O–H groups in total. The summed E-state index contributed by atoms with van der Waals surface area (Å²) < 4.78 is 0. The minimum atomic E-state index is 0.665. The van der Waals surface area contributed by atoms with E-state index in [0.29, 0.717) is 6.04 Å². The van der Waals surface area contributed by atoms with E-state index in [4.69, 9.17) is 0 Å². The summed E-state index contributed by atoms with van der Waals surface area (Å²) in [6.45, 7) is 4.74. The first kappa shape index (κ1) is 11.1. The zero-order valence-corrected chi connectivity index (χ0v) is 10.7. The fraction of sp³-hybridized carbons (Fsp3) is 0.600. The van der Waals surface area contributed by atoms with Crippen molar-refractivity contribution in [2.75, 3.05) is 18.4 Å². The zero-order chi connectivity index (χ0) is 11.7. The highest BCUT2D eigenvalue weighted by Crippen LogP contribution is 2.29. The fourth-order valence-corrected chi connectivity index (χ4v) is 3.28. The molecule has 2 heterocycles. The van der Waals surface area contributed by atoms with Crippen LogP contribution >= 0.6 is 0 Å². The maximum absolute atomic E-state index is 3.73. The molecule has 2 saturated heterocycles. The van der Waals surface area contributed by atoms with Gasteiger partial charge in [-0.3, -0.25) is 4.90 Å². The molecular weight excluding hydrogens is 208 g/mol. The molecule has 17 heavy (non-hydrogen) atoms. The number of nitrogens with zero attached hydrogens (tertiary/aromatic N) is 1. The van der Waals surface area contributed by atoms with Crippen molar-refractivity contribution in [1.29, 1.82) is 0 Å². The number of fused-ring (bicyclic) bond motifs is 1. The maximum Gasteiger partial charge on any atom is 0.0428 e. The quantitative estimate of drug-likeness (QED) is 0.840. The summed E-state index contributed by atoms with van der Waals surface area (Å²) in [6.07, 6.45) is 5.49. The first-order chi connectivity index (χ1) is 8.33. The Morgan fingerprint density at radius 2 is 1.88 bits per heavy atom. The number of rotatable bonds is 2. The minimum absolute atomic E-state index is 0.665. The molecule has 92 valence electrons. The smallest absolute Gasteiger partial charge is 0.0428 e. The van der Waals surface area contributed by atoms with Gasteiger partial charge in [-0.15, -0.1) is 0 Å². The second-order valence-electron chi connectivity index (χ2n) is 5.50. The lowest BCUT2D eigenvalue weighted by Crippen LogP contribution is -2.41. The van der Waals surface area contributed by atoms with Gasteiger partial charge in [0.1, 0.15) is 0 Å². The molecule has 1 aromatic rings. The first-order valence-corrected chi connectivity index (χ1v) is 6.90. The third-order valence-electron chi connectivity index (χ3n) is 4.26. The average molecular weight is 230 g/mol. The summed E-state index contributed by atoms with van der Waals surface area (Å²) in [6, 6.07) is 10.2. The van der Waals surface area contributed by atoms with Gasteiger partial charge in [-0.2, -0.15) is 0 Å². The monoisotopic (exact) mass is 230 g/mol. The first-order valence-electron chi connectivity index (χ1n) is 6.90. The summed E-state index contributed by atoms with van der Waals surface area (Å²) in [5, 5.41) is 3.73. The van der Waals surface area contributed by atoms with Crippen molar-refractivity contribution in [3.8, 4) is 0 Å². The van der Waals surface area contributed by atoms with Gasteiger partial charge in [-0.25, -0.2) is 0 Å². The Bertz CT molecular complexity index is 371. The highest BCUT2D eigenvalue weighted by molar-refractivity contribution is 5.45. The molecule has 2 aliphatic rings. The Labute approximate surface area is 104 Å². The van der Waals surface area contributed by atoms with Crippen LogP contribution in [0.3, 0.4) is 0 Å². The molecule has 2 aliphatic heterocycles. The molecule has 1 aromatic carbocycles. The van der Waals surface area contributed by atoms with Crippen molar-refractivity contribution in [3.05, 3.63) is 29.8 Å². The van der Waals surface area contributed by atoms with Gasteiger partial charge >= 0.3 is 0 Å². The highest BCUT2D eigenvalue weighted by Gasteiger charge is 2.35. The van der Waals surface area contributed by atoms with Crippen molar-refractivity contribution in [2.45, 2.75) is 44.7 Å². The summed E-state index contributed by atoms with van der Waals surface area (Å²) in [5.41, 5.74) is 2.62. The van der Waals surface area contributed by atoms with E-state index in [0.717, 1.165) is 6.04 Å². The summed E-state index contributed by atoms with van der Waals surface area (Å²) in [7, 11) is 0. The predicted molar refractivity (Wildman–Crippen MR) is 72.4 cm³/mol. The second-order valence-corrected chi connectivity index (χ2v) is 5.50. The second kappa shape index (κ2) is 4.69. The van der Waals surface area contributed by atoms with Crippen LogP contribution in [0.4, 0.5) is 5.69 Å². The van der Waals surface area contributed by atoms with E-state index >= 15 is 0 Å². The van der Waals surface area contributed by atoms with E-state index in [-0.39, 0.29) is 0 Å². The van der Waals surface area contributed by atoms with Crippen LogP contribution in [0.15, 0.2) is 24.3 Å². The normalized spacial score (nSPS) is 29.0. The number of hydrogen-bond acceptors (Lipinski definition) is 2. The number of hydrogen-bond donors (Lipinski definition) is 1. The van der Waals surface area contributed by atoms with Crippen molar-refractivity contribution in [1.82, 2.24) is 4.90 Å². The largest absolute Gasteiger partial charge is 0.381 e. The van der Waals surface area contributed by atoms with E-state index in [1.807, 2.05) is 0 Å². The lowest BCUT2D eigenvalue weighted by Gasteiger charge is -2.33. The molecule has 2 atom stereocenters. The highest BCUT2D eigenvalue weighted by atomic mass is 15.2. The van der Waals surface area contributed by atoms with E-state index in [2.05, 4.69) is 41.4 Å². The number of benzene rings is 1. The number of aryl methyl sites for hydroxylation is 1. The molecule has 2 fully saturated rings. The molecule has 0 bridgehead atoms. The van der Waals surface area contributed by atoms with Crippen LogP contribution in [0.1, 0.15) is 31.2 Å². The van der Waals surface area contributed by atoms with Crippen LogP contribution in [-0.4, -0.2) is 30.1 Å². The van der Waals surface area contributed by atoms with Gasteiger partial charge in [-0.05, 0) is 44.9 Å². The Kier molecular flexibility index (Phi) is 3.06. The minimum Gasteiger partial charge on any atom is -0.381 e. The average Bonchev–Trinajstić information content (AvgIpc) is 2.76. The summed E-state index contributed by atoms with van der Waals surface area (Å²) in [5.74, 6) is 0. The van der Waals surface area contributed by atoms with Crippen LogP contribution in [-0.2, 0) is 0 Å². The van der Waals surface area contributed by atoms with Gasteiger partial charge in [0.25, 0.3) is 0 Å². The molecule has 0 spiro atoms. The number of piperidine rings is 1. The Morgan fingerprint density at radius 1 is 1.06 bits per heavy atom. The SMILES string of the molecule is Cc1ccc(NC2CCN3CCCCC23)cc1. The maximum atomic E-state index is 3.73. The van der Waals surface area contributed by atoms with Gasteiger partial charge < -0.3 is 5.32 Å². The predicted octanol–water partition coefficient (Wildman–Crippen LogP) is 3.03. The standard InChI is InChI=1S/C15H22N2/c1-12-5-7-13(8-6-12)16-14-9-11-17-10-3-2-4-15(14)17/h5-8,14-16H,2-4,9-11H2,1H3. The summed E-state index contributed by atoms with van der Waals surface area (Å²) >= 11 is 0. The molecule has 0 aliphatic carbocycles. The van der Waals surface area contributed by atoms with Crippen molar-refractivity contribution in [2.24, 2.45) is 0 Å². The molecule has 2 heteroatoms. The van der Waals surface area contributed by atoms with Crippen molar-refractivity contribution < 1.29 is 0 Å². The summed E-state index contributed by atoms with van der Waals surface area (Å²) in [4.78, 5) is 2.68. The lowest BCUT2D eigenvalue weighted by atomic mass is 9.99. The van der Waals surface area contributed by atoms with Crippen molar-refractivity contribution in [3.63, 3.8) is 0 Å². The molecule has 0 aromatic heterocycles. The van der Waals surface area contributed by atoms with Crippen LogP contribution < -0.4 is 5.32 Å². The zero-order valence-electron chi connectivity index (χ0n) is 10.7. The Balaban J connectivity index is 1.67. The van der Waals surface area contributed by atoms with Crippen LogP contribution in [0.25, 0.3) is 0 Å². The van der Waals surface area contributed by atoms with Gasteiger partial charge in [0.15, 0.2) is 0 Å². The lowest BCUT2D eigenvalue weighted by molar-refractivity contribution is 0.193. The molecule has 0 radical (unpaired) electrons. The van der Waals surface area contributed by atoms with Crippen LogP contribution in [0.5, 0.6) is 0 Å². The van der Waals surface area contributed by atoms with E-state index < -0.39 is 0 Å². The van der Waals surface area contributed by atoms with Gasteiger partial charge in [-0.1, -0.05) is 24.1 Å². The van der Waals surface area contributed by atoms with E-state index in [1.165, 1.54) is 50.0 Å². The topological polar surface area (TPSA) is 15.3 Å². The Morgan fingerprint density at radius 3 is 2.71 bits per heavy atom. The van der Waals surface area contributed by atoms with Gasteiger partial charge in [0.2, 0.25) is 0 Å². The third kappa shape index (κ3) is 2.32. The number of anilines is 1. The molecular formula is C15H22N2.